The van der Waals surface area contributed by atoms with Crippen molar-refractivity contribution in [1.29, 1.82) is 0 Å². The van der Waals surface area contributed by atoms with E-state index in [1.54, 1.807) is 30.6 Å². The Bertz CT molecular complexity index is 1730. The number of ether oxygens (including phenoxy) is 4. The van der Waals surface area contributed by atoms with Crippen LogP contribution in [0.4, 0.5) is 10.5 Å². The van der Waals surface area contributed by atoms with Gasteiger partial charge in [0.05, 0.1) is 48.3 Å². The lowest BCUT2D eigenvalue weighted by atomic mass is 10.1. The molecule has 2 N–H and O–H groups in total. The molecule has 11 nitrogen and oxygen atoms in total. The second-order valence-electron chi connectivity index (χ2n) is 9.26. The number of amides is 1. The zero-order valence-corrected chi connectivity index (χ0v) is 22.7. The van der Waals surface area contributed by atoms with Crippen LogP contribution in [0, 0.1) is 13.8 Å². The van der Waals surface area contributed by atoms with Gasteiger partial charge < -0.3 is 24.1 Å². The summed E-state index contributed by atoms with van der Waals surface area (Å²) in [6, 6.07) is 9.08. The highest BCUT2D eigenvalue weighted by molar-refractivity contribution is 7.22. The number of methoxy groups -OCH3 is 1. The number of nitrogens with zero attached hydrogens (tertiary/aromatic N) is 4. The Labute approximate surface area is 232 Å². The van der Waals surface area contributed by atoms with E-state index in [9.17, 15) is 9.90 Å². The normalized spacial score (nSPS) is 14.3. The number of carbonyl (C=O) groups excluding carboxylic acids is 1. The molecule has 3 aromatic heterocycles. The van der Waals surface area contributed by atoms with Gasteiger partial charge in [-0.25, -0.2) is 19.7 Å². The van der Waals surface area contributed by atoms with Crippen molar-refractivity contribution in [3.63, 3.8) is 0 Å². The number of hydrogen-bond acceptors (Lipinski definition) is 11. The summed E-state index contributed by atoms with van der Waals surface area (Å²) in [7, 11) is 1.53. The van der Waals surface area contributed by atoms with Gasteiger partial charge in [-0.3, -0.25) is 10.3 Å². The predicted octanol–water partition coefficient (Wildman–Crippen LogP) is 4.81. The van der Waals surface area contributed by atoms with Crippen LogP contribution < -0.4 is 19.5 Å². The molecule has 1 atom stereocenters. The number of rotatable bonds is 6. The van der Waals surface area contributed by atoms with Crippen LogP contribution >= 0.6 is 11.3 Å². The Morgan fingerprint density at radius 3 is 2.80 bits per heavy atom. The van der Waals surface area contributed by atoms with Crippen molar-refractivity contribution in [3.05, 3.63) is 59.5 Å². The molecule has 0 saturated carbocycles. The minimum Gasteiger partial charge on any atom is -0.484 e. The fourth-order valence-corrected chi connectivity index (χ4v) is 5.53. The molecular formula is C28H25N5O6S. The second-order valence-corrected chi connectivity index (χ2v) is 10.3. The van der Waals surface area contributed by atoms with E-state index in [1.807, 2.05) is 26.0 Å². The van der Waals surface area contributed by atoms with E-state index in [0.717, 1.165) is 27.0 Å². The fraction of sp³-hybridized carbons (Fsp3) is 0.250. The first-order valence-corrected chi connectivity index (χ1v) is 13.3. The summed E-state index contributed by atoms with van der Waals surface area (Å²) in [5, 5.41) is 13.2. The first-order chi connectivity index (χ1) is 19.4. The number of aryl methyl sites for hydroxylation is 2. The van der Waals surface area contributed by atoms with Gasteiger partial charge in [0.15, 0.2) is 17.6 Å². The molecular weight excluding hydrogens is 534 g/mol. The van der Waals surface area contributed by atoms with Gasteiger partial charge in [0.25, 0.3) is 0 Å². The number of fused-ring (bicyclic) bond motifs is 4. The van der Waals surface area contributed by atoms with E-state index >= 15 is 0 Å². The second kappa shape index (κ2) is 10.5. The number of thiazole rings is 1. The highest BCUT2D eigenvalue weighted by Crippen LogP contribution is 2.46. The summed E-state index contributed by atoms with van der Waals surface area (Å²) in [6.07, 6.45) is 2.05. The van der Waals surface area contributed by atoms with Gasteiger partial charge in [-0.05, 0) is 55.3 Å². The van der Waals surface area contributed by atoms with Gasteiger partial charge in [0.2, 0.25) is 5.88 Å². The lowest BCUT2D eigenvalue weighted by molar-refractivity contribution is 0.0383. The van der Waals surface area contributed by atoms with Crippen molar-refractivity contribution in [1.82, 2.24) is 19.9 Å². The molecule has 0 saturated heterocycles. The zero-order valence-electron chi connectivity index (χ0n) is 21.9. The number of pyridine rings is 1. The molecule has 1 amide bonds. The van der Waals surface area contributed by atoms with E-state index in [-0.39, 0.29) is 19.8 Å². The van der Waals surface area contributed by atoms with Crippen LogP contribution in [0.3, 0.4) is 0 Å². The smallest absolute Gasteiger partial charge is 0.411 e. The quantitative estimate of drug-likeness (QED) is 0.298. The molecule has 40 heavy (non-hydrogen) atoms. The maximum atomic E-state index is 12.2. The Morgan fingerprint density at radius 1 is 1.15 bits per heavy atom. The molecule has 1 aliphatic heterocycles. The maximum absolute atomic E-state index is 12.2. The molecule has 2 aromatic carbocycles. The molecule has 4 heterocycles. The van der Waals surface area contributed by atoms with E-state index in [2.05, 4.69) is 20.3 Å². The number of anilines is 1. The van der Waals surface area contributed by atoms with Crippen LogP contribution in [0.2, 0.25) is 0 Å². The molecule has 0 bridgehead atoms. The van der Waals surface area contributed by atoms with Gasteiger partial charge in [0, 0.05) is 11.3 Å². The van der Waals surface area contributed by atoms with E-state index in [1.165, 1.54) is 18.4 Å². The average Bonchev–Trinajstić information content (AvgIpc) is 3.42. The molecule has 0 spiro atoms. The molecule has 6 rings (SSSR count). The van der Waals surface area contributed by atoms with Crippen molar-refractivity contribution in [2.45, 2.75) is 26.6 Å². The topological polar surface area (TPSA) is 138 Å². The van der Waals surface area contributed by atoms with E-state index in [0.29, 0.717) is 44.7 Å². The maximum Gasteiger partial charge on any atom is 0.411 e. The minimum absolute atomic E-state index is 0.0116. The third-order valence-corrected chi connectivity index (χ3v) is 7.44. The lowest BCUT2D eigenvalue weighted by Gasteiger charge is -2.26. The highest BCUT2D eigenvalue weighted by atomic mass is 32.1. The molecule has 0 aliphatic carbocycles. The third-order valence-electron chi connectivity index (χ3n) is 6.35. The van der Waals surface area contributed by atoms with Gasteiger partial charge in [-0.1, -0.05) is 0 Å². The number of aliphatic hydroxyl groups is 1. The van der Waals surface area contributed by atoms with Crippen molar-refractivity contribution in [2.75, 3.05) is 25.6 Å². The third kappa shape index (κ3) is 4.94. The van der Waals surface area contributed by atoms with Crippen LogP contribution in [-0.4, -0.2) is 57.6 Å². The molecule has 1 aliphatic rings. The number of benzene rings is 2. The summed E-state index contributed by atoms with van der Waals surface area (Å²) < 4.78 is 23.7. The summed E-state index contributed by atoms with van der Waals surface area (Å²) in [4.78, 5) is 30.3. The number of hydrogen-bond donors (Lipinski definition) is 2. The number of aliphatic hydroxyl groups excluding tert-OH is 1. The van der Waals surface area contributed by atoms with Crippen LogP contribution in [0.5, 0.6) is 17.4 Å². The number of nitrogens with one attached hydrogen (secondary N) is 1. The van der Waals surface area contributed by atoms with Gasteiger partial charge in [-0.2, -0.15) is 0 Å². The number of aromatic nitrogens is 4. The average molecular weight is 560 g/mol. The summed E-state index contributed by atoms with van der Waals surface area (Å²) in [5.74, 6) is 1.53. The van der Waals surface area contributed by atoms with Crippen molar-refractivity contribution >= 4 is 44.4 Å². The summed E-state index contributed by atoms with van der Waals surface area (Å²) >= 11 is 1.45. The van der Waals surface area contributed by atoms with Crippen molar-refractivity contribution < 1.29 is 28.8 Å². The molecule has 0 fully saturated rings. The molecule has 0 radical (unpaired) electrons. The molecule has 204 valence electrons. The van der Waals surface area contributed by atoms with Crippen molar-refractivity contribution in [3.8, 4) is 28.0 Å². The van der Waals surface area contributed by atoms with Crippen LogP contribution in [0.15, 0.2) is 42.7 Å². The highest BCUT2D eigenvalue weighted by Gasteiger charge is 2.27. The SMILES string of the molecule is COc1cnc2c(-c3nc4c(C)cc5c(c4s3)OC[C@H](COC(=O)Nc3ccc(C)nc3)O5)cc(CO)cc2n1. The molecule has 12 heteroatoms. The number of carbonyl (C=O) groups is 1. The van der Waals surface area contributed by atoms with Crippen LogP contribution in [0.1, 0.15) is 16.8 Å². The van der Waals surface area contributed by atoms with Crippen LogP contribution in [0.25, 0.3) is 31.8 Å². The minimum atomic E-state index is -0.600. The summed E-state index contributed by atoms with van der Waals surface area (Å²) in [6.45, 7) is 3.88. The fourth-order valence-electron chi connectivity index (χ4n) is 4.38. The predicted molar refractivity (Wildman–Crippen MR) is 149 cm³/mol. The standard InChI is InChI=1S/C28H25N5O6S/c1-14-6-21-25(37-12-18(39-21)13-38-28(35)31-17-5-4-15(2)29-9-17)26-23(14)33-27(40-26)19-7-16(11-34)8-20-24(19)30-10-22(32-20)36-3/h4-10,18,34H,11-13H2,1-3H3,(H,31,35)/t18-/m1/s1. The van der Waals surface area contributed by atoms with Gasteiger partial charge in [0.1, 0.15) is 22.9 Å². The monoisotopic (exact) mass is 559 g/mol. The van der Waals surface area contributed by atoms with Crippen molar-refractivity contribution in [2.24, 2.45) is 0 Å². The first-order valence-electron chi connectivity index (χ1n) is 12.5. The van der Waals surface area contributed by atoms with Gasteiger partial charge in [-0.15, -0.1) is 11.3 Å². The van der Waals surface area contributed by atoms with E-state index < -0.39 is 12.2 Å². The summed E-state index contributed by atoms with van der Waals surface area (Å²) in [5.41, 5.74) is 5.78. The Balaban J connectivity index is 1.25. The Kier molecular flexibility index (Phi) is 6.78. The Hall–Kier alpha value is -4.55. The first kappa shape index (κ1) is 25.7. The largest absolute Gasteiger partial charge is 0.484 e. The van der Waals surface area contributed by atoms with Crippen LogP contribution in [-0.2, 0) is 11.3 Å². The van der Waals surface area contributed by atoms with Gasteiger partial charge >= 0.3 is 6.09 Å². The molecule has 5 aromatic rings. The lowest BCUT2D eigenvalue weighted by Crippen LogP contribution is -2.35. The zero-order chi connectivity index (χ0) is 27.8. The Morgan fingerprint density at radius 2 is 2.02 bits per heavy atom. The van der Waals surface area contributed by atoms with E-state index in [4.69, 9.17) is 23.9 Å². The molecule has 0 unspecified atom stereocenters.